The van der Waals surface area contributed by atoms with E-state index in [0.29, 0.717) is 5.82 Å². The Kier molecular flexibility index (Phi) is 4.75. The molecule has 6 heteroatoms. The molecule has 0 aliphatic carbocycles. The molecule has 0 bridgehead atoms. The molecule has 1 aliphatic heterocycles. The first kappa shape index (κ1) is 15.7. The molecule has 1 atom stereocenters. The summed E-state index contributed by atoms with van der Waals surface area (Å²) in [5.41, 5.74) is 9.08. The molecule has 1 aromatic carbocycles. The van der Waals surface area contributed by atoms with Crippen molar-refractivity contribution >= 4 is 17.4 Å². The van der Waals surface area contributed by atoms with Gasteiger partial charge in [-0.2, -0.15) is 5.26 Å². The van der Waals surface area contributed by atoms with Crippen LogP contribution in [0.2, 0.25) is 5.15 Å². The van der Waals surface area contributed by atoms with E-state index in [2.05, 4.69) is 33.1 Å². The maximum Gasteiger partial charge on any atom is 0.178 e. The van der Waals surface area contributed by atoms with Gasteiger partial charge in [0.25, 0.3) is 0 Å². The molecule has 0 spiro atoms. The van der Waals surface area contributed by atoms with Gasteiger partial charge in [0.1, 0.15) is 11.9 Å². The van der Waals surface area contributed by atoms with Crippen molar-refractivity contribution in [2.24, 2.45) is 5.73 Å². The van der Waals surface area contributed by atoms with E-state index in [1.807, 2.05) is 12.1 Å². The summed E-state index contributed by atoms with van der Waals surface area (Å²) in [6.07, 6.45) is 4.43. The summed E-state index contributed by atoms with van der Waals surface area (Å²) in [7, 11) is 0. The zero-order valence-corrected chi connectivity index (χ0v) is 13.5. The summed E-state index contributed by atoms with van der Waals surface area (Å²) in [5, 5.41) is 9.06. The molecular weight excluding hydrogens is 310 g/mol. The van der Waals surface area contributed by atoms with Crippen LogP contribution in [0.4, 0.5) is 5.82 Å². The number of anilines is 1. The van der Waals surface area contributed by atoms with Crippen LogP contribution in [0.1, 0.15) is 35.7 Å². The highest BCUT2D eigenvalue weighted by Crippen LogP contribution is 2.25. The van der Waals surface area contributed by atoms with Crippen LogP contribution in [-0.4, -0.2) is 23.1 Å². The number of aryl methyl sites for hydroxylation is 1. The van der Waals surface area contributed by atoms with E-state index in [4.69, 9.17) is 22.6 Å². The fourth-order valence-corrected chi connectivity index (χ4v) is 3.14. The van der Waals surface area contributed by atoms with Crippen LogP contribution >= 0.6 is 11.6 Å². The Balaban J connectivity index is 1.82. The highest BCUT2D eigenvalue weighted by Gasteiger charge is 2.18. The lowest BCUT2D eigenvalue weighted by Gasteiger charge is -2.24. The first-order valence-corrected chi connectivity index (χ1v) is 8.08. The molecule has 1 aliphatic rings. The van der Waals surface area contributed by atoms with Gasteiger partial charge in [0.15, 0.2) is 10.8 Å². The van der Waals surface area contributed by atoms with Gasteiger partial charge in [-0.15, -0.1) is 0 Å². The van der Waals surface area contributed by atoms with Crippen molar-refractivity contribution in [1.82, 2.24) is 9.97 Å². The number of hydrogen-bond donors (Lipinski definition) is 1. The van der Waals surface area contributed by atoms with Crippen LogP contribution in [-0.2, 0) is 6.42 Å². The number of benzene rings is 1. The molecular formula is C17H18ClN5. The molecule has 0 unspecified atom stereocenters. The SMILES string of the molecule is N#Cc1ncc(N2CCCc3ccccc3[C@@H](N)CC2)nc1Cl. The maximum absolute atomic E-state index is 8.91. The lowest BCUT2D eigenvalue weighted by molar-refractivity contribution is 0.627. The molecule has 2 aromatic rings. The quantitative estimate of drug-likeness (QED) is 0.871. The fourth-order valence-electron chi connectivity index (χ4n) is 2.96. The summed E-state index contributed by atoms with van der Waals surface area (Å²) in [6, 6.07) is 10.3. The van der Waals surface area contributed by atoms with E-state index in [1.165, 1.54) is 11.1 Å². The summed E-state index contributed by atoms with van der Waals surface area (Å²) >= 11 is 6.01. The Bertz CT molecular complexity index is 740. The molecule has 23 heavy (non-hydrogen) atoms. The molecule has 0 radical (unpaired) electrons. The fraction of sp³-hybridized carbons (Fsp3) is 0.353. The minimum absolute atomic E-state index is 0.00797. The number of nitrogens with two attached hydrogens (primary N) is 1. The average molecular weight is 328 g/mol. The third-order valence-electron chi connectivity index (χ3n) is 4.19. The van der Waals surface area contributed by atoms with E-state index in [1.54, 1.807) is 6.20 Å². The third kappa shape index (κ3) is 3.44. The molecule has 2 N–H and O–H groups in total. The van der Waals surface area contributed by atoms with Crippen LogP contribution in [0.25, 0.3) is 0 Å². The molecule has 3 rings (SSSR count). The summed E-state index contributed by atoms with van der Waals surface area (Å²) in [4.78, 5) is 10.5. The summed E-state index contributed by atoms with van der Waals surface area (Å²) in [5.74, 6) is 0.701. The largest absolute Gasteiger partial charge is 0.355 e. The van der Waals surface area contributed by atoms with Gasteiger partial charge in [0, 0.05) is 19.1 Å². The van der Waals surface area contributed by atoms with Crippen LogP contribution < -0.4 is 10.6 Å². The first-order chi connectivity index (χ1) is 11.2. The van der Waals surface area contributed by atoms with Crippen molar-refractivity contribution in [3.63, 3.8) is 0 Å². The minimum atomic E-state index is 0.00797. The lowest BCUT2D eigenvalue weighted by atomic mass is 9.96. The normalized spacial score (nSPS) is 18.3. The van der Waals surface area contributed by atoms with E-state index < -0.39 is 0 Å². The van der Waals surface area contributed by atoms with Gasteiger partial charge >= 0.3 is 0 Å². The Morgan fingerprint density at radius 1 is 1.30 bits per heavy atom. The molecule has 0 amide bonds. The maximum atomic E-state index is 8.91. The number of rotatable bonds is 1. The second-order valence-electron chi connectivity index (χ2n) is 5.66. The molecule has 118 valence electrons. The van der Waals surface area contributed by atoms with Crippen molar-refractivity contribution in [2.45, 2.75) is 25.3 Å². The van der Waals surface area contributed by atoms with Gasteiger partial charge in [-0.3, -0.25) is 0 Å². The van der Waals surface area contributed by atoms with E-state index in [9.17, 15) is 0 Å². The van der Waals surface area contributed by atoms with Gasteiger partial charge in [-0.1, -0.05) is 35.9 Å². The van der Waals surface area contributed by atoms with Gasteiger partial charge in [0.05, 0.1) is 6.20 Å². The van der Waals surface area contributed by atoms with Crippen LogP contribution in [0.5, 0.6) is 0 Å². The predicted molar refractivity (Wildman–Crippen MR) is 90.3 cm³/mol. The lowest BCUT2D eigenvalue weighted by Crippen LogP contribution is -2.28. The van der Waals surface area contributed by atoms with Gasteiger partial charge in [-0.25, -0.2) is 9.97 Å². The van der Waals surface area contributed by atoms with Gasteiger partial charge < -0.3 is 10.6 Å². The second-order valence-corrected chi connectivity index (χ2v) is 6.02. The molecule has 1 aromatic heterocycles. The summed E-state index contributed by atoms with van der Waals surface area (Å²) < 4.78 is 0. The van der Waals surface area contributed by atoms with E-state index in [-0.39, 0.29) is 16.9 Å². The monoisotopic (exact) mass is 327 g/mol. The number of hydrogen-bond acceptors (Lipinski definition) is 5. The van der Waals surface area contributed by atoms with Crippen molar-refractivity contribution < 1.29 is 0 Å². The second kappa shape index (κ2) is 6.95. The topological polar surface area (TPSA) is 78.8 Å². The minimum Gasteiger partial charge on any atom is -0.355 e. The Hall–Kier alpha value is -2.16. The molecule has 0 saturated heterocycles. The van der Waals surface area contributed by atoms with Crippen LogP contribution in [0.15, 0.2) is 30.5 Å². The van der Waals surface area contributed by atoms with Crippen molar-refractivity contribution in [1.29, 1.82) is 5.26 Å². The third-order valence-corrected chi connectivity index (χ3v) is 4.45. The standard InChI is InChI=1S/C17H18ClN5/c18-17-15(10-19)21-11-16(22-17)23-8-3-5-12-4-1-2-6-13(12)14(20)7-9-23/h1-2,4,6,11,14H,3,5,7-9,20H2/t14-/m0/s1. The number of nitriles is 1. The van der Waals surface area contributed by atoms with E-state index in [0.717, 1.165) is 32.4 Å². The highest BCUT2D eigenvalue weighted by atomic mass is 35.5. The zero-order chi connectivity index (χ0) is 16.2. The van der Waals surface area contributed by atoms with Crippen molar-refractivity contribution in [3.8, 4) is 6.07 Å². The molecule has 0 saturated carbocycles. The first-order valence-electron chi connectivity index (χ1n) is 7.70. The highest BCUT2D eigenvalue weighted by molar-refractivity contribution is 6.30. The predicted octanol–water partition coefficient (Wildman–Crippen LogP) is 2.84. The van der Waals surface area contributed by atoms with Crippen molar-refractivity contribution in [2.75, 3.05) is 18.0 Å². The zero-order valence-electron chi connectivity index (χ0n) is 12.7. The van der Waals surface area contributed by atoms with Gasteiger partial charge in [-0.05, 0) is 30.4 Å². The number of halogens is 1. The van der Waals surface area contributed by atoms with Gasteiger partial charge in [0.2, 0.25) is 0 Å². The van der Waals surface area contributed by atoms with E-state index >= 15 is 0 Å². The van der Waals surface area contributed by atoms with Crippen LogP contribution in [0.3, 0.4) is 0 Å². The van der Waals surface area contributed by atoms with Crippen molar-refractivity contribution in [3.05, 3.63) is 52.4 Å². The Labute approximate surface area is 140 Å². The molecule has 5 nitrogen and oxygen atoms in total. The smallest absolute Gasteiger partial charge is 0.178 e. The summed E-state index contributed by atoms with van der Waals surface area (Å²) in [6.45, 7) is 1.64. The number of fused-ring (bicyclic) bond motifs is 1. The molecule has 0 fully saturated rings. The Morgan fingerprint density at radius 3 is 2.91 bits per heavy atom. The number of aromatic nitrogens is 2. The number of nitrogens with zero attached hydrogens (tertiary/aromatic N) is 4. The Morgan fingerprint density at radius 2 is 2.13 bits per heavy atom. The average Bonchev–Trinajstić information content (AvgIpc) is 2.65. The van der Waals surface area contributed by atoms with Crippen LogP contribution in [0, 0.1) is 11.3 Å². The molecule has 2 heterocycles.